The molecule has 0 saturated carbocycles. The molecule has 0 radical (unpaired) electrons. The van der Waals surface area contributed by atoms with E-state index in [2.05, 4.69) is 37.4 Å². The number of hydrogen-bond donors (Lipinski definition) is 1. The fourth-order valence-corrected chi connectivity index (χ4v) is 2.05. The van der Waals surface area contributed by atoms with E-state index in [1.54, 1.807) is 0 Å². The zero-order valence-electron chi connectivity index (χ0n) is 9.55. The Morgan fingerprint density at radius 3 is 3.13 bits per heavy atom. The third-order valence-corrected chi connectivity index (χ3v) is 2.90. The van der Waals surface area contributed by atoms with Gasteiger partial charge in [0.05, 0.1) is 6.61 Å². The molecule has 1 heterocycles. The van der Waals surface area contributed by atoms with E-state index in [4.69, 9.17) is 4.74 Å². The molecule has 1 atom stereocenters. The lowest BCUT2D eigenvalue weighted by molar-refractivity contribution is 0.316. The predicted molar refractivity (Wildman–Crippen MR) is 62.3 cm³/mol. The topological polar surface area (TPSA) is 21.3 Å². The third kappa shape index (κ3) is 2.32. The number of hydrogen-bond acceptors (Lipinski definition) is 2. The van der Waals surface area contributed by atoms with Gasteiger partial charge in [0.15, 0.2) is 0 Å². The van der Waals surface area contributed by atoms with E-state index in [0.29, 0.717) is 6.04 Å². The smallest absolute Gasteiger partial charge is 0.119 e. The van der Waals surface area contributed by atoms with E-state index >= 15 is 0 Å². The molecule has 2 heteroatoms. The molecule has 1 aliphatic rings. The fourth-order valence-electron chi connectivity index (χ4n) is 2.05. The van der Waals surface area contributed by atoms with Crippen LogP contribution in [0.4, 0.5) is 0 Å². The van der Waals surface area contributed by atoms with Gasteiger partial charge >= 0.3 is 0 Å². The fraction of sp³-hybridized carbons (Fsp3) is 0.538. The largest absolute Gasteiger partial charge is 0.494 e. The first-order chi connectivity index (χ1) is 7.31. The molecule has 2 rings (SSSR count). The van der Waals surface area contributed by atoms with Crippen molar-refractivity contribution in [1.29, 1.82) is 0 Å². The second-order valence-corrected chi connectivity index (χ2v) is 4.13. The maximum atomic E-state index is 5.64. The van der Waals surface area contributed by atoms with Crippen molar-refractivity contribution in [1.82, 2.24) is 5.32 Å². The third-order valence-electron chi connectivity index (χ3n) is 2.90. The van der Waals surface area contributed by atoms with E-state index in [1.165, 1.54) is 11.1 Å². The van der Waals surface area contributed by atoms with E-state index in [1.807, 2.05) is 0 Å². The monoisotopic (exact) mass is 205 g/mol. The highest BCUT2D eigenvalue weighted by atomic mass is 16.5. The highest BCUT2D eigenvalue weighted by Crippen LogP contribution is 2.26. The zero-order chi connectivity index (χ0) is 10.7. The molecule has 15 heavy (non-hydrogen) atoms. The molecule has 1 N–H and O–H groups in total. The minimum atomic E-state index is 0.457. The number of rotatable bonds is 3. The van der Waals surface area contributed by atoms with E-state index in [-0.39, 0.29) is 0 Å². The summed E-state index contributed by atoms with van der Waals surface area (Å²) in [5.41, 5.74) is 2.86. The number of benzene rings is 1. The van der Waals surface area contributed by atoms with Gasteiger partial charge in [0, 0.05) is 6.04 Å². The Morgan fingerprint density at radius 1 is 1.47 bits per heavy atom. The lowest BCUT2D eigenvalue weighted by Crippen LogP contribution is -2.27. The molecule has 1 aliphatic heterocycles. The van der Waals surface area contributed by atoms with Gasteiger partial charge in [0.1, 0.15) is 5.75 Å². The Balaban J connectivity index is 2.19. The molecule has 0 amide bonds. The summed E-state index contributed by atoms with van der Waals surface area (Å²) in [6.45, 7) is 6.23. The molecule has 0 aliphatic carbocycles. The first-order valence-corrected chi connectivity index (χ1v) is 5.80. The maximum absolute atomic E-state index is 5.64. The van der Waals surface area contributed by atoms with Crippen LogP contribution < -0.4 is 10.1 Å². The van der Waals surface area contributed by atoms with Crippen LogP contribution in [0, 0.1) is 0 Å². The first-order valence-electron chi connectivity index (χ1n) is 5.80. The molecule has 0 bridgehead atoms. The van der Waals surface area contributed by atoms with Crippen LogP contribution in [0.3, 0.4) is 0 Å². The first kappa shape index (κ1) is 10.5. The van der Waals surface area contributed by atoms with Crippen molar-refractivity contribution >= 4 is 0 Å². The van der Waals surface area contributed by atoms with Gasteiger partial charge < -0.3 is 10.1 Å². The van der Waals surface area contributed by atoms with E-state index in [0.717, 1.165) is 31.7 Å². The van der Waals surface area contributed by atoms with Crippen molar-refractivity contribution in [3.05, 3.63) is 29.3 Å². The second-order valence-electron chi connectivity index (χ2n) is 4.13. The van der Waals surface area contributed by atoms with Crippen LogP contribution in [-0.2, 0) is 6.42 Å². The standard InChI is InChI=1S/C13H19NO/c1-3-8-15-12-5-4-11-6-7-14-10(2)13(11)9-12/h4-5,9-10,14H,3,6-8H2,1-2H3. The summed E-state index contributed by atoms with van der Waals surface area (Å²) >= 11 is 0. The van der Waals surface area contributed by atoms with Gasteiger partial charge in [-0.2, -0.15) is 0 Å². The molecular weight excluding hydrogens is 186 g/mol. The minimum Gasteiger partial charge on any atom is -0.494 e. The van der Waals surface area contributed by atoms with Gasteiger partial charge in [-0.15, -0.1) is 0 Å². The second kappa shape index (κ2) is 4.67. The lowest BCUT2D eigenvalue weighted by atomic mass is 9.95. The van der Waals surface area contributed by atoms with Crippen molar-refractivity contribution in [2.24, 2.45) is 0 Å². The molecule has 0 spiro atoms. The minimum absolute atomic E-state index is 0.457. The molecule has 1 unspecified atom stereocenters. The quantitative estimate of drug-likeness (QED) is 0.819. The van der Waals surface area contributed by atoms with Crippen LogP contribution in [0.1, 0.15) is 37.4 Å². The Bertz CT molecular complexity index is 335. The van der Waals surface area contributed by atoms with Crippen LogP contribution in [0.25, 0.3) is 0 Å². The summed E-state index contributed by atoms with van der Waals surface area (Å²) in [5.74, 6) is 1.01. The summed E-state index contributed by atoms with van der Waals surface area (Å²) < 4.78 is 5.64. The molecular formula is C13H19NO. The van der Waals surface area contributed by atoms with Crippen LogP contribution in [0.15, 0.2) is 18.2 Å². The number of fused-ring (bicyclic) bond motifs is 1. The van der Waals surface area contributed by atoms with Crippen LogP contribution >= 0.6 is 0 Å². The Morgan fingerprint density at radius 2 is 2.33 bits per heavy atom. The molecule has 0 fully saturated rings. The normalized spacial score (nSPS) is 19.7. The molecule has 1 aromatic rings. The van der Waals surface area contributed by atoms with Gasteiger partial charge in [-0.25, -0.2) is 0 Å². The van der Waals surface area contributed by atoms with Crippen molar-refractivity contribution in [2.45, 2.75) is 32.7 Å². The van der Waals surface area contributed by atoms with Gasteiger partial charge in [-0.3, -0.25) is 0 Å². The highest BCUT2D eigenvalue weighted by molar-refractivity contribution is 5.39. The SMILES string of the molecule is CCCOc1ccc2c(c1)C(C)NCC2. The highest BCUT2D eigenvalue weighted by Gasteiger charge is 2.15. The van der Waals surface area contributed by atoms with Crippen molar-refractivity contribution in [3.63, 3.8) is 0 Å². The molecule has 0 saturated heterocycles. The molecule has 82 valence electrons. The number of ether oxygens (including phenoxy) is 1. The van der Waals surface area contributed by atoms with Crippen molar-refractivity contribution < 1.29 is 4.74 Å². The zero-order valence-corrected chi connectivity index (χ0v) is 9.55. The summed E-state index contributed by atoms with van der Waals surface area (Å²) in [5, 5.41) is 3.47. The van der Waals surface area contributed by atoms with Gasteiger partial charge in [0.25, 0.3) is 0 Å². The lowest BCUT2D eigenvalue weighted by Gasteiger charge is -2.24. The van der Waals surface area contributed by atoms with Crippen molar-refractivity contribution in [3.8, 4) is 5.75 Å². The van der Waals surface area contributed by atoms with Gasteiger partial charge in [-0.1, -0.05) is 13.0 Å². The summed E-state index contributed by atoms with van der Waals surface area (Å²) in [6, 6.07) is 6.94. The molecule has 2 nitrogen and oxygen atoms in total. The summed E-state index contributed by atoms with van der Waals surface area (Å²) in [7, 11) is 0. The van der Waals surface area contributed by atoms with Crippen LogP contribution in [0.5, 0.6) is 5.75 Å². The van der Waals surface area contributed by atoms with Crippen LogP contribution in [-0.4, -0.2) is 13.2 Å². The average molecular weight is 205 g/mol. The van der Waals surface area contributed by atoms with Gasteiger partial charge in [-0.05, 0) is 49.6 Å². The Hall–Kier alpha value is -1.02. The van der Waals surface area contributed by atoms with Crippen molar-refractivity contribution in [2.75, 3.05) is 13.2 Å². The maximum Gasteiger partial charge on any atom is 0.119 e. The average Bonchev–Trinajstić information content (AvgIpc) is 2.27. The van der Waals surface area contributed by atoms with Crippen LogP contribution in [0.2, 0.25) is 0 Å². The summed E-state index contributed by atoms with van der Waals surface area (Å²) in [4.78, 5) is 0. The predicted octanol–water partition coefficient (Wildman–Crippen LogP) is 2.68. The molecule has 0 aromatic heterocycles. The van der Waals surface area contributed by atoms with E-state index in [9.17, 15) is 0 Å². The summed E-state index contributed by atoms with van der Waals surface area (Å²) in [6.07, 6.45) is 2.19. The number of nitrogens with one attached hydrogen (secondary N) is 1. The van der Waals surface area contributed by atoms with E-state index < -0.39 is 0 Å². The van der Waals surface area contributed by atoms with Gasteiger partial charge in [0.2, 0.25) is 0 Å². The Labute approximate surface area is 91.6 Å². The Kier molecular flexibility index (Phi) is 3.27. The molecule has 1 aromatic carbocycles.